The molecular formula is C13H17BrN4. The predicted octanol–water partition coefficient (Wildman–Crippen LogP) is 3.06. The maximum atomic E-state index is 5.71. The van der Waals surface area contributed by atoms with E-state index < -0.39 is 0 Å². The Morgan fingerprint density at radius 1 is 1.33 bits per heavy atom. The van der Waals surface area contributed by atoms with E-state index in [1.54, 1.807) is 0 Å². The van der Waals surface area contributed by atoms with Crippen LogP contribution in [0.15, 0.2) is 22.7 Å². The molecule has 0 amide bonds. The Balaban J connectivity index is 2.64. The molecular weight excluding hydrogens is 292 g/mol. The van der Waals surface area contributed by atoms with Crippen LogP contribution in [0.3, 0.4) is 0 Å². The highest BCUT2D eigenvalue weighted by molar-refractivity contribution is 9.10. The van der Waals surface area contributed by atoms with E-state index in [4.69, 9.17) is 5.73 Å². The highest BCUT2D eigenvalue weighted by atomic mass is 79.9. The minimum absolute atomic E-state index is 0.279. The zero-order valence-electron chi connectivity index (χ0n) is 10.8. The van der Waals surface area contributed by atoms with Crippen molar-refractivity contribution in [3.05, 3.63) is 34.1 Å². The quantitative estimate of drug-likeness (QED) is 0.948. The van der Waals surface area contributed by atoms with Crippen molar-refractivity contribution in [3.63, 3.8) is 0 Å². The summed E-state index contributed by atoms with van der Waals surface area (Å²) in [6.07, 6.45) is 0. The van der Waals surface area contributed by atoms with Crippen molar-refractivity contribution in [1.29, 1.82) is 0 Å². The van der Waals surface area contributed by atoms with E-state index in [0.29, 0.717) is 6.54 Å². The number of aryl methyl sites for hydroxylation is 1. The van der Waals surface area contributed by atoms with Crippen molar-refractivity contribution in [2.75, 3.05) is 0 Å². The van der Waals surface area contributed by atoms with E-state index in [1.165, 1.54) is 5.56 Å². The summed E-state index contributed by atoms with van der Waals surface area (Å²) in [4.78, 5) is 0. The first-order valence-electron chi connectivity index (χ1n) is 5.95. The average Bonchev–Trinajstić information content (AvgIpc) is 2.76. The molecule has 0 aliphatic rings. The van der Waals surface area contributed by atoms with Gasteiger partial charge < -0.3 is 10.3 Å². The predicted molar refractivity (Wildman–Crippen MR) is 76.2 cm³/mol. The van der Waals surface area contributed by atoms with Crippen molar-refractivity contribution >= 4 is 15.9 Å². The lowest BCUT2D eigenvalue weighted by molar-refractivity contribution is 0.574. The van der Waals surface area contributed by atoms with Crippen molar-refractivity contribution in [2.45, 2.75) is 33.4 Å². The van der Waals surface area contributed by atoms with Crippen LogP contribution in [0.5, 0.6) is 0 Å². The van der Waals surface area contributed by atoms with Gasteiger partial charge in [-0.2, -0.15) is 0 Å². The fourth-order valence-electron chi connectivity index (χ4n) is 2.01. The summed E-state index contributed by atoms with van der Waals surface area (Å²) < 4.78 is 3.14. The third kappa shape index (κ3) is 2.20. The highest BCUT2D eigenvalue weighted by Crippen LogP contribution is 2.31. The Bertz CT molecular complexity index is 560. The van der Waals surface area contributed by atoms with E-state index in [2.05, 4.69) is 57.5 Å². The molecule has 96 valence electrons. The van der Waals surface area contributed by atoms with E-state index in [0.717, 1.165) is 21.7 Å². The molecule has 0 radical (unpaired) electrons. The molecule has 5 heteroatoms. The first-order valence-corrected chi connectivity index (χ1v) is 6.75. The van der Waals surface area contributed by atoms with Gasteiger partial charge in [0, 0.05) is 16.1 Å². The molecule has 0 spiro atoms. The molecule has 1 aromatic carbocycles. The van der Waals surface area contributed by atoms with Crippen molar-refractivity contribution in [2.24, 2.45) is 5.73 Å². The van der Waals surface area contributed by atoms with Crippen molar-refractivity contribution in [3.8, 4) is 11.4 Å². The summed E-state index contributed by atoms with van der Waals surface area (Å²) >= 11 is 3.62. The van der Waals surface area contributed by atoms with E-state index in [-0.39, 0.29) is 6.04 Å². The largest absolute Gasteiger partial charge is 0.324 e. The summed E-state index contributed by atoms with van der Waals surface area (Å²) in [5.74, 6) is 1.68. The van der Waals surface area contributed by atoms with Crippen LogP contribution in [-0.2, 0) is 6.54 Å². The van der Waals surface area contributed by atoms with E-state index in [9.17, 15) is 0 Å². The van der Waals surface area contributed by atoms with Gasteiger partial charge in [0.2, 0.25) is 0 Å². The van der Waals surface area contributed by atoms with Crippen LogP contribution in [0.1, 0.15) is 31.3 Å². The number of nitrogens with two attached hydrogens (primary N) is 1. The fraction of sp³-hybridized carbons (Fsp3) is 0.385. The Morgan fingerprint density at radius 2 is 2.06 bits per heavy atom. The van der Waals surface area contributed by atoms with Crippen LogP contribution in [0, 0.1) is 6.92 Å². The number of nitrogens with zero attached hydrogens (tertiary/aromatic N) is 3. The van der Waals surface area contributed by atoms with Gasteiger partial charge in [0.1, 0.15) is 5.82 Å². The molecule has 2 aromatic rings. The van der Waals surface area contributed by atoms with Crippen LogP contribution in [-0.4, -0.2) is 14.8 Å². The smallest absolute Gasteiger partial charge is 0.165 e. The van der Waals surface area contributed by atoms with Gasteiger partial charge in [-0.25, -0.2) is 0 Å². The Hall–Kier alpha value is -1.20. The van der Waals surface area contributed by atoms with E-state index in [1.807, 2.05) is 12.1 Å². The Labute approximate surface area is 115 Å². The van der Waals surface area contributed by atoms with Gasteiger partial charge in [0.15, 0.2) is 5.82 Å². The van der Waals surface area contributed by atoms with Gasteiger partial charge in [-0.05, 0) is 42.3 Å². The van der Waals surface area contributed by atoms with Gasteiger partial charge in [0.05, 0.1) is 6.54 Å². The minimum Gasteiger partial charge on any atom is -0.324 e. The number of benzene rings is 1. The Kier molecular flexibility index (Phi) is 3.82. The molecule has 0 aliphatic carbocycles. The summed E-state index contributed by atoms with van der Waals surface area (Å²) in [6, 6.07) is 6.41. The topological polar surface area (TPSA) is 56.7 Å². The molecule has 0 fully saturated rings. The fourth-order valence-corrected chi connectivity index (χ4v) is 2.45. The molecule has 0 saturated carbocycles. The van der Waals surface area contributed by atoms with Crippen LogP contribution in [0.4, 0.5) is 0 Å². The number of aromatic nitrogens is 3. The average molecular weight is 309 g/mol. The number of hydrogen-bond acceptors (Lipinski definition) is 3. The highest BCUT2D eigenvalue weighted by Gasteiger charge is 2.17. The van der Waals surface area contributed by atoms with Crippen LogP contribution in [0.25, 0.3) is 11.4 Å². The second-order valence-electron chi connectivity index (χ2n) is 4.54. The van der Waals surface area contributed by atoms with Crippen molar-refractivity contribution in [1.82, 2.24) is 14.8 Å². The van der Waals surface area contributed by atoms with Crippen LogP contribution < -0.4 is 5.73 Å². The number of hydrogen-bond donors (Lipinski definition) is 1. The molecule has 1 aromatic heterocycles. The zero-order chi connectivity index (χ0) is 13.3. The Morgan fingerprint density at radius 3 is 2.67 bits per heavy atom. The minimum atomic E-state index is 0.279. The first kappa shape index (κ1) is 13.2. The lowest BCUT2D eigenvalue weighted by Gasteiger charge is -2.14. The van der Waals surface area contributed by atoms with Gasteiger partial charge in [-0.3, -0.25) is 0 Å². The lowest BCUT2D eigenvalue weighted by Crippen LogP contribution is -2.11. The normalized spacial score (nSPS) is 11.2. The molecule has 0 saturated heterocycles. The monoisotopic (exact) mass is 308 g/mol. The molecule has 2 rings (SSSR count). The van der Waals surface area contributed by atoms with Gasteiger partial charge in [-0.1, -0.05) is 18.2 Å². The molecule has 18 heavy (non-hydrogen) atoms. The third-order valence-electron chi connectivity index (χ3n) is 2.90. The molecule has 2 N–H and O–H groups in total. The lowest BCUT2D eigenvalue weighted by atomic mass is 10.1. The summed E-state index contributed by atoms with van der Waals surface area (Å²) in [5.41, 5.74) is 7.95. The standard InChI is InChI=1S/C13H17BrN4/c1-8(2)18-11(7-15)16-17-13(18)10-6-4-5-9(3)12(10)14/h4-6,8H,7,15H2,1-3H3. The third-order valence-corrected chi connectivity index (χ3v) is 3.95. The molecule has 0 bridgehead atoms. The summed E-state index contributed by atoms with van der Waals surface area (Å²) in [6.45, 7) is 6.67. The molecule has 0 aliphatic heterocycles. The van der Waals surface area contributed by atoms with Crippen molar-refractivity contribution < 1.29 is 0 Å². The first-order chi connectivity index (χ1) is 8.56. The maximum Gasteiger partial charge on any atom is 0.165 e. The van der Waals surface area contributed by atoms with Crippen LogP contribution >= 0.6 is 15.9 Å². The molecule has 4 nitrogen and oxygen atoms in total. The van der Waals surface area contributed by atoms with Gasteiger partial charge in [0.25, 0.3) is 0 Å². The number of rotatable bonds is 3. The van der Waals surface area contributed by atoms with Gasteiger partial charge in [-0.15, -0.1) is 10.2 Å². The maximum absolute atomic E-state index is 5.71. The second-order valence-corrected chi connectivity index (χ2v) is 5.34. The van der Waals surface area contributed by atoms with Crippen LogP contribution in [0.2, 0.25) is 0 Å². The molecule has 1 heterocycles. The molecule has 0 unspecified atom stereocenters. The molecule has 0 atom stereocenters. The SMILES string of the molecule is Cc1cccc(-c2nnc(CN)n2C(C)C)c1Br. The van der Waals surface area contributed by atoms with E-state index >= 15 is 0 Å². The van der Waals surface area contributed by atoms with Gasteiger partial charge >= 0.3 is 0 Å². The zero-order valence-corrected chi connectivity index (χ0v) is 12.4. The summed E-state index contributed by atoms with van der Waals surface area (Å²) in [5, 5.41) is 8.45. The second kappa shape index (κ2) is 5.20. The summed E-state index contributed by atoms with van der Waals surface area (Å²) in [7, 11) is 0. The number of halogens is 1.